The van der Waals surface area contributed by atoms with Crippen LogP contribution in [0, 0.1) is 6.92 Å². The molecule has 0 bridgehead atoms. The van der Waals surface area contributed by atoms with Crippen LogP contribution in [0.3, 0.4) is 0 Å². The minimum absolute atomic E-state index is 0.249. The van der Waals surface area contributed by atoms with E-state index in [0.717, 1.165) is 11.1 Å². The molecule has 1 N–H and O–H groups in total. The van der Waals surface area contributed by atoms with Crippen molar-refractivity contribution < 1.29 is 4.79 Å². The number of anilines is 1. The number of hydrogen-bond acceptors (Lipinski definition) is 4. The number of nitrogens with zero attached hydrogens (tertiary/aromatic N) is 3. The van der Waals surface area contributed by atoms with Crippen LogP contribution in [0.1, 0.15) is 16.1 Å². The highest BCUT2D eigenvalue weighted by atomic mass is 35.5. The number of benzene rings is 1. The van der Waals surface area contributed by atoms with Crippen molar-refractivity contribution in [3.05, 3.63) is 51.1 Å². The van der Waals surface area contributed by atoms with Gasteiger partial charge in [0.25, 0.3) is 5.91 Å². The lowest BCUT2D eigenvalue weighted by atomic mass is 10.2. The van der Waals surface area contributed by atoms with Crippen LogP contribution in [0.4, 0.5) is 5.13 Å². The van der Waals surface area contributed by atoms with E-state index < -0.39 is 0 Å². The van der Waals surface area contributed by atoms with E-state index in [0.29, 0.717) is 26.6 Å². The van der Waals surface area contributed by atoms with E-state index in [1.54, 1.807) is 31.4 Å². The molecule has 3 rings (SSSR count). The fourth-order valence-electron chi connectivity index (χ4n) is 2.18. The molecule has 0 unspecified atom stereocenters. The van der Waals surface area contributed by atoms with E-state index in [9.17, 15) is 4.79 Å². The average molecular weight is 367 g/mol. The summed E-state index contributed by atoms with van der Waals surface area (Å²) in [6.45, 7) is 1.83. The number of amides is 1. The summed E-state index contributed by atoms with van der Waals surface area (Å²) < 4.78 is 1.53. The molecular formula is C15H12Cl2N4OS. The van der Waals surface area contributed by atoms with Crippen LogP contribution in [0.25, 0.3) is 11.3 Å². The first kappa shape index (κ1) is 16.0. The molecule has 0 aliphatic rings. The molecule has 118 valence electrons. The van der Waals surface area contributed by atoms with Crippen LogP contribution < -0.4 is 5.32 Å². The summed E-state index contributed by atoms with van der Waals surface area (Å²) in [5.41, 5.74) is 2.70. The summed E-state index contributed by atoms with van der Waals surface area (Å²) in [7, 11) is 1.72. The molecule has 0 saturated carbocycles. The first-order valence-electron chi connectivity index (χ1n) is 6.66. The second-order valence-corrected chi connectivity index (χ2v) is 6.62. The first-order valence-corrected chi connectivity index (χ1v) is 8.30. The lowest BCUT2D eigenvalue weighted by Crippen LogP contribution is -2.17. The SMILES string of the molecule is Cc1cnn(C)c1C(=O)Nc1nc(-c2cc(Cl)ccc2Cl)cs1. The van der Waals surface area contributed by atoms with Crippen LogP contribution in [0.5, 0.6) is 0 Å². The molecular weight excluding hydrogens is 355 g/mol. The zero-order valence-corrected chi connectivity index (χ0v) is 14.6. The van der Waals surface area contributed by atoms with Gasteiger partial charge in [0, 0.05) is 23.0 Å². The Balaban J connectivity index is 1.85. The van der Waals surface area contributed by atoms with Crippen molar-refractivity contribution >= 4 is 45.6 Å². The zero-order valence-electron chi connectivity index (χ0n) is 12.3. The minimum atomic E-state index is -0.249. The van der Waals surface area contributed by atoms with Crippen LogP contribution in [-0.2, 0) is 7.05 Å². The molecule has 1 amide bonds. The van der Waals surface area contributed by atoms with Gasteiger partial charge in [-0.1, -0.05) is 23.2 Å². The number of carbonyl (C=O) groups excluding carboxylic acids is 1. The van der Waals surface area contributed by atoms with E-state index in [-0.39, 0.29) is 5.91 Å². The van der Waals surface area contributed by atoms with Crippen LogP contribution >= 0.6 is 34.5 Å². The highest BCUT2D eigenvalue weighted by Crippen LogP contribution is 2.32. The molecule has 3 aromatic rings. The number of halogens is 2. The molecule has 2 heterocycles. The number of hydrogen-bond donors (Lipinski definition) is 1. The predicted molar refractivity (Wildman–Crippen MR) is 93.5 cm³/mol. The van der Waals surface area contributed by atoms with Gasteiger partial charge in [0.15, 0.2) is 5.13 Å². The smallest absolute Gasteiger partial charge is 0.275 e. The fraction of sp³-hybridized carbons (Fsp3) is 0.133. The molecule has 0 saturated heterocycles. The normalized spacial score (nSPS) is 10.8. The Hall–Kier alpha value is -1.89. The predicted octanol–water partition coefficient (Wildman–Crippen LogP) is 4.41. The number of thiazole rings is 1. The molecule has 0 aliphatic heterocycles. The van der Waals surface area contributed by atoms with Gasteiger partial charge in [-0.2, -0.15) is 5.10 Å². The van der Waals surface area contributed by atoms with E-state index in [1.165, 1.54) is 16.0 Å². The van der Waals surface area contributed by atoms with Gasteiger partial charge in [-0.15, -0.1) is 11.3 Å². The van der Waals surface area contributed by atoms with Gasteiger partial charge in [0.1, 0.15) is 5.69 Å². The zero-order chi connectivity index (χ0) is 16.6. The van der Waals surface area contributed by atoms with E-state index in [1.807, 2.05) is 12.3 Å². The van der Waals surface area contributed by atoms with E-state index in [2.05, 4.69) is 15.4 Å². The van der Waals surface area contributed by atoms with Crippen molar-refractivity contribution in [2.45, 2.75) is 6.92 Å². The van der Waals surface area contributed by atoms with Gasteiger partial charge in [-0.05, 0) is 30.7 Å². The Bertz CT molecular complexity index is 868. The Morgan fingerprint density at radius 3 is 2.83 bits per heavy atom. The van der Waals surface area contributed by atoms with Gasteiger partial charge in [-0.25, -0.2) is 4.98 Å². The van der Waals surface area contributed by atoms with Crippen LogP contribution in [-0.4, -0.2) is 20.7 Å². The molecule has 5 nitrogen and oxygen atoms in total. The number of aryl methyl sites for hydroxylation is 2. The molecule has 2 aromatic heterocycles. The molecule has 0 fully saturated rings. The molecule has 8 heteroatoms. The van der Waals surface area contributed by atoms with Gasteiger partial charge in [-0.3, -0.25) is 14.8 Å². The largest absolute Gasteiger partial charge is 0.296 e. The van der Waals surface area contributed by atoms with Crippen molar-refractivity contribution in [1.29, 1.82) is 0 Å². The number of nitrogens with one attached hydrogen (secondary N) is 1. The van der Waals surface area contributed by atoms with Crippen LogP contribution in [0.15, 0.2) is 29.8 Å². The Morgan fingerprint density at radius 1 is 1.35 bits per heavy atom. The summed E-state index contributed by atoms with van der Waals surface area (Å²) >= 11 is 13.5. The standard InChI is InChI=1S/C15H12Cl2N4OS/c1-8-6-18-21(2)13(8)14(22)20-15-19-12(7-23-15)10-5-9(16)3-4-11(10)17/h3-7H,1-2H3,(H,19,20,22). The quantitative estimate of drug-likeness (QED) is 0.746. The summed E-state index contributed by atoms with van der Waals surface area (Å²) in [5.74, 6) is -0.249. The molecule has 0 aliphatic carbocycles. The maximum atomic E-state index is 12.3. The van der Waals surface area contributed by atoms with E-state index in [4.69, 9.17) is 23.2 Å². The highest BCUT2D eigenvalue weighted by Gasteiger charge is 2.16. The monoisotopic (exact) mass is 366 g/mol. The lowest BCUT2D eigenvalue weighted by Gasteiger charge is -2.04. The Kier molecular flexibility index (Phi) is 4.39. The highest BCUT2D eigenvalue weighted by molar-refractivity contribution is 7.14. The van der Waals surface area contributed by atoms with Gasteiger partial charge >= 0.3 is 0 Å². The number of aromatic nitrogens is 3. The third-order valence-corrected chi connectivity index (χ3v) is 4.59. The minimum Gasteiger partial charge on any atom is -0.296 e. The molecule has 0 spiro atoms. The summed E-state index contributed by atoms with van der Waals surface area (Å²) in [6.07, 6.45) is 1.65. The van der Waals surface area contributed by atoms with Crippen molar-refractivity contribution in [2.75, 3.05) is 5.32 Å². The van der Waals surface area contributed by atoms with E-state index >= 15 is 0 Å². The van der Waals surface area contributed by atoms with Gasteiger partial charge in [0.2, 0.25) is 0 Å². The Morgan fingerprint density at radius 2 is 2.13 bits per heavy atom. The Labute approximate surface area is 146 Å². The third-order valence-electron chi connectivity index (χ3n) is 3.27. The molecule has 0 radical (unpaired) electrons. The molecule has 0 atom stereocenters. The van der Waals surface area contributed by atoms with Crippen molar-refractivity contribution in [3.8, 4) is 11.3 Å². The fourth-order valence-corrected chi connectivity index (χ4v) is 3.27. The van der Waals surface area contributed by atoms with Crippen LogP contribution in [0.2, 0.25) is 10.0 Å². The van der Waals surface area contributed by atoms with Crippen molar-refractivity contribution in [1.82, 2.24) is 14.8 Å². The summed E-state index contributed by atoms with van der Waals surface area (Å²) in [4.78, 5) is 16.7. The maximum absolute atomic E-state index is 12.3. The summed E-state index contributed by atoms with van der Waals surface area (Å²) in [5, 5.41) is 10.3. The average Bonchev–Trinajstić information content (AvgIpc) is 3.08. The molecule has 23 heavy (non-hydrogen) atoms. The number of carbonyl (C=O) groups is 1. The lowest BCUT2D eigenvalue weighted by molar-refractivity contribution is 0.101. The summed E-state index contributed by atoms with van der Waals surface area (Å²) in [6, 6.07) is 5.18. The molecule has 1 aromatic carbocycles. The second-order valence-electron chi connectivity index (χ2n) is 4.92. The number of rotatable bonds is 3. The maximum Gasteiger partial charge on any atom is 0.275 e. The van der Waals surface area contributed by atoms with Crippen molar-refractivity contribution in [3.63, 3.8) is 0 Å². The first-order chi connectivity index (χ1) is 11.0. The second kappa shape index (κ2) is 6.31. The van der Waals surface area contributed by atoms with Gasteiger partial charge in [0.05, 0.1) is 16.9 Å². The topological polar surface area (TPSA) is 59.8 Å². The third kappa shape index (κ3) is 3.24. The van der Waals surface area contributed by atoms with Crippen molar-refractivity contribution in [2.24, 2.45) is 7.05 Å². The van der Waals surface area contributed by atoms with Gasteiger partial charge < -0.3 is 0 Å².